The molecule has 0 radical (unpaired) electrons. The van der Waals surface area contributed by atoms with Gasteiger partial charge >= 0.3 is 11.9 Å². The minimum Gasteiger partial charge on any atom is -0.481 e. The Kier molecular flexibility index (Phi) is 12.4. The zero-order chi connectivity index (χ0) is 31.4. The number of hydrogen-bond donors (Lipinski definition) is 9. The lowest BCUT2D eigenvalue weighted by Crippen LogP contribution is -2.57. The molecule has 0 saturated carbocycles. The van der Waals surface area contributed by atoms with Crippen LogP contribution in [0.1, 0.15) is 44.1 Å². The van der Waals surface area contributed by atoms with Gasteiger partial charge in [0.2, 0.25) is 29.5 Å². The predicted octanol–water partition coefficient (Wildman–Crippen LogP) is -2.03. The van der Waals surface area contributed by atoms with Gasteiger partial charge in [0, 0.05) is 36.4 Å². The number of carboxylic acids is 2. The molecule has 0 spiro atoms. The number of aromatic amines is 1. The van der Waals surface area contributed by atoms with Gasteiger partial charge in [-0.1, -0.05) is 18.2 Å². The maximum absolute atomic E-state index is 13.2. The summed E-state index contributed by atoms with van der Waals surface area (Å²) < 4.78 is 0. The SMILES string of the molecule is NC(=O)CCC(NC(=O)C(N)Cc1c[nH]c2ccccc12)C(=O)NC(CCC(N)=O)C(=O)NC(CCC(=O)O)C(=O)O. The Bertz CT molecular complexity index is 1330. The van der Waals surface area contributed by atoms with Crippen molar-refractivity contribution in [2.24, 2.45) is 17.2 Å². The van der Waals surface area contributed by atoms with Crippen LogP contribution < -0.4 is 33.2 Å². The van der Waals surface area contributed by atoms with E-state index in [1.165, 1.54) is 0 Å². The van der Waals surface area contributed by atoms with E-state index in [1.807, 2.05) is 24.3 Å². The molecule has 4 atom stereocenters. The number of carbonyl (C=O) groups is 7. The van der Waals surface area contributed by atoms with Crippen LogP contribution in [0.4, 0.5) is 0 Å². The lowest BCUT2D eigenvalue weighted by Gasteiger charge is -2.25. The van der Waals surface area contributed by atoms with E-state index >= 15 is 0 Å². The largest absolute Gasteiger partial charge is 0.481 e. The number of nitrogens with two attached hydrogens (primary N) is 3. The summed E-state index contributed by atoms with van der Waals surface area (Å²) in [5, 5.41) is 26.0. The molecule has 5 amide bonds. The lowest BCUT2D eigenvalue weighted by molar-refractivity contribution is -0.143. The molecule has 1 aromatic carbocycles. The number of aliphatic carboxylic acids is 2. The van der Waals surface area contributed by atoms with E-state index in [1.54, 1.807) is 6.20 Å². The number of nitrogens with one attached hydrogen (secondary N) is 4. The number of fused-ring (bicyclic) bond motifs is 1. The number of hydrogen-bond acceptors (Lipinski definition) is 8. The van der Waals surface area contributed by atoms with Crippen LogP contribution in [0.5, 0.6) is 0 Å². The molecule has 42 heavy (non-hydrogen) atoms. The highest BCUT2D eigenvalue weighted by atomic mass is 16.4. The Hall–Kier alpha value is -4.99. The highest BCUT2D eigenvalue weighted by Crippen LogP contribution is 2.19. The van der Waals surface area contributed by atoms with Crippen LogP contribution in [0.3, 0.4) is 0 Å². The standard InChI is InChI=1S/C26H35N7O9/c27-15(11-13-12-30-16-4-2-1-3-14(13)16)23(38)31-17(5-8-20(28)34)24(39)32-18(6-9-21(29)35)25(40)33-19(26(41)42)7-10-22(36)37/h1-4,12,15,17-19,30H,5-11,27H2,(H2,28,34)(H2,29,35)(H,31,38)(H,32,39)(H,33,40)(H,36,37)(H,41,42). The number of carbonyl (C=O) groups excluding carboxylic acids is 5. The van der Waals surface area contributed by atoms with Crippen LogP contribution in [0, 0.1) is 0 Å². The molecule has 1 heterocycles. The first-order valence-corrected chi connectivity index (χ1v) is 13.0. The monoisotopic (exact) mass is 589 g/mol. The fraction of sp³-hybridized carbons (Fsp3) is 0.423. The van der Waals surface area contributed by atoms with Crippen molar-refractivity contribution in [1.82, 2.24) is 20.9 Å². The first-order chi connectivity index (χ1) is 19.8. The second-order valence-electron chi connectivity index (χ2n) is 9.63. The summed E-state index contributed by atoms with van der Waals surface area (Å²) >= 11 is 0. The number of rotatable bonds is 18. The van der Waals surface area contributed by atoms with Gasteiger partial charge in [-0.25, -0.2) is 4.79 Å². The van der Waals surface area contributed by atoms with Crippen LogP contribution >= 0.6 is 0 Å². The van der Waals surface area contributed by atoms with Gasteiger partial charge in [0.25, 0.3) is 0 Å². The zero-order valence-corrected chi connectivity index (χ0v) is 22.6. The quantitative estimate of drug-likeness (QED) is 0.0918. The molecule has 12 N–H and O–H groups in total. The number of carboxylic acid groups (broad SMARTS) is 2. The van der Waals surface area contributed by atoms with Crippen molar-refractivity contribution in [1.29, 1.82) is 0 Å². The molecule has 16 nitrogen and oxygen atoms in total. The molecular formula is C26H35N7O9. The topological polar surface area (TPSA) is 290 Å². The lowest BCUT2D eigenvalue weighted by atomic mass is 10.0. The summed E-state index contributed by atoms with van der Waals surface area (Å²) in [4.78, 5) is 87.2. The molecule has 0 bridgehead atoms. The van der Waals surface area contributed by atoms with Gasteiger partial charge in [-0.05, 0) is 37.3 Å². The Morgan fingerprint density at radius 1 is 0.738 bits per heavy atom. The molecule has 16 heteroatoms. The number of aromatic nitrogens is 1. The van der Waals surface area contributed by atoms with Crippen molar-refractivity contribution >= 4 is 52.4 Å². The second kappa shape index (κ2) is 15.7. The molecular weight excluding hydrogens is 554 g/mol. The van der Waals surface area contributed by atoms with Crippen molar-refractivity contribution < 1.29 is 43.8 Å². The van der Waals surface area contributed by atoms with E-state index in [0.29, 0.717) is 0 Å². The first kappa shape index (κ1) is 33.2. The Balaban J connectivity index is 2.17. The van der Waals surface area contributed by atoms with Gasteiger partial charge in [-0.3, -0.25) is 28.8 Å². The third kappa shape index (κ3) is 10.5. The van der Waals surface area contributed by atoms with Crippen molar-refractivity contribution in [3.63, 3.8) is 0 Å². The summed E-state index contributed by atoms with van der Waals surface area (Å²) in [7, 11) is 0. The smallest absolute Gasteiger partial charge is 0.326 e. The average Bonchev–Trinajstić information content (AvgIpc) is 3.32. The molecule has 0 saturated heterocycles. The maximum Gasteiger partial charge on any atom is 0.326 e. The van der Waals surface area contributed by atoms with Crippen LogP contribution in [0.15, 0.2) is 30.5 Å². The van der Waals surface area contributed by atoms with Crippen LogP contribution in [0.25, 0.3) is 10.9 Å². The maximum atomic E-state index is 13.2. The number of para-hydroxylation sites is 1. The van der Waals surface area contributed by atoms with E-state index in [0.717, 1.165) is 16.5 Å². The Labute approximate surface area is 239 Å². The van der Waals surface area contributed by atoms with E-state index in [9.17, 15) is 38.7 Å². The molecule has 0 aliphatic rings. The van der Waals surface area contributed by atoms with E-state index in [4.69, 9.17) is 22.3 Å². The summed E-state index contributed by atoms with van der Waals surface area (Å²) in [6.07, 6.45) is -0.478. The van der Waals surface area contributed by atoms with E-state index in [2.05, 4.69) is 20.9 Å². The van der Waals surface area contributed by atoms with Gasteiger partial charge in [0.1, 0.15) is 18.1 Å². The third-order valence-corrected chi connectivity index (χ3v) is 6.34. The van der Waals surface area contributed by atoms with Crippen LogP contribution in [-0.4, -0.2) is 80.8 Å². The van der Waals surface area contributed by atoms with Crippen molar-refractivity contribution in [2.75, 3.05) is 0 Å². The molecule has 0 aliphatic heterocycles. The van der Waals surface area contributed by atoms with Crippen molar-refractivity contribution in [2.45, 2.75) is 69.1 Å². The molecule has 2 rings (SSSR count). The van der Waals surface area contributed by atoms with Crippen molar-refractivity contribution in [3.05, 3.63) is 36.0 Å². The first-order valence-electron chi connectivity index (χ1n) is 13.0. The average molecular weight is 590 g/mol. The Morgan fingerprint density at radius 2 is 1.24 bits per heavy atom. The Morgan fingerprint density at radius 3 is 1.76 bits per heavy atom. The minimum absolute atomic E-state index is 0.108. The zero-order valence-electron chi connectivity index (χ0n) is 22.6. The van der Waals surface area contributed by atoms with Gasteiger partial charge in [0.05, 0.1) is 6.04 Å². The number of amides is 5. The van der Waals surface area contributed by atoms with Gasteiger partial charge in [-0.2, -0.15) is 0 Å². The van der Waals surface area contributed by atoms with E-state index in [-0.39, 0.29) is 32.1 Å². The third-order valence-electron chi connectivity index (χ3n) is 6.34. The van der Waals surface area contributed by atoms with Gasteiger partial charge in [-0.15, -0.1) is 0 Å². The number of benzene rings is 1. The molecule has 0 aliphatic carbocycles. The molecule has 4 unspecified atom stereocenters. The molecule has 1 aromatic heterocycles. The number of primary amides is 2. The van der Waals surface area contributed by atoms with E-state index < -0.39 is 78.5 Å². The number of H-pyrrole nitrogens is 1. The summed E-state index contributed by atoms with van der Waals surface area (Å²) in [6, 6.07) is 1.78. The highest BCUT2D eigenvalue weighted by molar-refractivity contribution is 5.95. The normalized spacial score (nSPS) is 13.7. The summed E-state index contributed by atoms with van der Waals surface area (Å²) in [6.45, 7) is 0. The van der Waals surface area contributed by atoms with Crippen LogP contribution in [-0.2, 0) is 40.0 Å². The minimum atomic E-state index is -1.60. The van der Waals surface area contributed by atoms with Gasteiger partial charge in [0.15, 0.2) is 0 Å². The summed E-state index contributed by atoms with van der Waals surface area (Å²) in [5.74, 6) is -7.09. The summed E-state index contributed by atoms with van der Waals surface area (Å²) in [5.41, 5.74) is 18.1. The molecule has 2 aromatic rings. The molecule has 228 valence electrons. The molecule has 0 fully saturated rings. The highest BCUT2D eigenvalue weighted by Gasteiger charge is 2.31. The van der Waals surface area contributed by atoms with Crippen molar-refractivity contribution in [3.8, 4) is 0 Å². The fourth-order valence-corrected chi connectivity index (χ4v) is 4.09. The van der Waals surface area contributed by atoms with Gasteiger partial charge < -0.3 is 48.3 Å². The predicted molar refractivity (Wildman–Crippen MR) is 147 cm³/mol. The second-order valence-corrected chi connectivity index (χ2v) is 9.63. The van der Waals surface area contributed by atoms with Crippen LogP contribution in [0.2, 0.25) is 0 Å². The fourth-order valence-electron chi connectivity index (χ4n) is 4.09.